The van der Waals surface area contributed by atoms with E-state index in [4.69, 9.17) is 0 Å². The van der Waals surface area contributed by atoms with Crippen molar-refractivity contribution in [3.05, 3.63) is 64.2 Å². The van der Waals surface area contributed by atoms with E-state index < -0.39 is 4.92 Å². The van der Waals surface area contributed by atoms with E-state index in [1.807, 2.05) is 31.1 Å². The Kier molecular flexibility index (Phi) is 5.73. The van der Waals surface area contributed by atoms with Gasteiger partial charge in [0.2, 0.25) is 0 Å². The van der Waals surface area contributed by atoms with Crippen LogP contribution in [0.3, 0.4) is 0 Å². The monoisotopic (exact) mass is 328 g/mol. The maximum atomic E-state index is 12.1. The lowest BCUT2D eigenvalue weighted by atomic mass is 10.2. The predicted octanol–water partition coefficient (Wildman–Crippen LogP) is 2.50. The van der Waals surface area contributed by atoms with Crippen molar-refractivity contribution < 1.29 is 9.72 Å². The first kappa shape index (κ1) is 17.3. The molecule has 0 fully saturated rings. The Morgan fingerprint density at radius 2 is 1.75 bits per heavy atom. The minimum atomic E-state index is -0.437. The van der Waals surface area contributed by atoms with Crippen molar-refractivity contribution in [2.45, 2.75) is 0 Å². The quantitative estimate of drug-likeness (QED) is 0.463. The summed E-state index contributed by atoms with van der Waals surface area (Å²) < 4.78 is 0. The van der Waals surface area contributed by atoms with Crippen LogP contribution in [0.25, 0.3) is 0 Å². The fourth-order valence-corrected chi connectivity index (χ4v) is 2.17. The third-order valence-electron chi connectivity index (χ3n) is 3.47. The van der Waals surface area contributed by atoms with Gasteiger partial charge in [-0.25, -0.2) is 0 Å². The van der Waals surface area contributed by atoms with Gasteiger partial charge in [-0.1, -0.05) is 12.1 Å². The molecule has 7 nitrogen and oxygen atoms in total. The van der Waals surface area contributed by atoms with Gasteiger partial charge in [0.25, 0.3) is 11.6 Å². The van der Waals surface area contributed by atoms with Crippen LogP contribution in [-0.2, 0) is 0 Å². The minimum Gasteiger partial charge on any atom is -0.378 e. The Bertz CT molecular complexity index is 714. The molecule has 0 spiro atoms. The summed E-state index contributed by atoms with van der Waals surface area (Å²) in [5.41, 5.74) is 2.05. The summed E-state index contributed by atoms with van der Waals surface area (Å²) in [5, 5.41) is 16.7. The molecule has 0 heterocycles. The summed E-state index contributed by atoms with van der Waals surface area (Å²) >= 11 is 0. The smallest absolute Gasteiger partial charge is 0.292 e. The number of carbonyl (C=O) groups is 1. The highest BCUT2D eigenvalue weighted by Gasteiger charge is 2.11. The van der Waals surface area contributed by atoms with E-state index in [9.17, 15) is 14.9 Å². The second-order valence-electron chi connectivity index (χ2n) is 5.40. The number of nitrogens with zero attached hydrogens (tertiary/aromatic N) is 2. The van der Waals surface area contributed by atoms with Gasteiger partial charge in [-0.3, -0.25) is 14.9 Å². The third kappa shape index (κ3) is 4.45. The lowest BCUT2D eigenvalue weighted by Crippen LogP contribution is -2.28. The average Bonchev–Trinajstić information content (AvgIpc) is 2.58. The van der Waals surface area contributed by atoms with Crippen LogP contribution in [0.1, 0.15) is 10.4 Å². The molecule has 0 saturated heterocycles. The van der Waals surface area contributed by atoms with E-state index in [1.165, 1.54) is 6.07 Å². The van der Waals surface area contributed by atoms with Crippen molar-refractivity contribution in [2.75, 3.05) is 37.4 Å². The van der Waals surface area contributed by atoms with Crippen LogP contribution in [-0.4, -0.2) is 38.0 Å². The molecule has 0 saturated carbocycles. The van der Waals surface area contributed by atoms with Crippen molar-refractivity contribution in [1.29, 1.82) is 0 Å². The molecule has 0 aliphatic carbocycles. The van der Waals surface area contributed by atoms with E-state index >= 15 is 0 Å². The minimum absolute atomic E-state index is 0.0168. The molecular weight excluding hydrogens is 308 g/mol. The number of amides is 1. The molecule has 0 aliphatic rings. The Balaban J connectivity index is 1.84. The van der Waals surface area contributed by atoms with Gasteiger partial charge in [-0.05, 0) is 30.3 Å². The van der Waals surface area contributed by atoms with E-state index in [0.717, 1.165) is 5.69 Å². The van der Waals surface area contributed by atoms with Crippen molar-refractivity contribution in [3.63, 3.8) is 0 Å². The average molecular weight is 328 g/mol. The molecule has 0 unspecified atom stereocenters. The molecule has 2 rings (SSSR count). The molecule has 1 amide bonds. The Hall–Kier alpha value is -3.09. The number of hydrogen-bond donors (Lipinski definition) is 2. The van der Waals surface area contributed by atoms with Crippen molar-refractivity contribution >= 4 is 23.0 Å². The summed E-state index contributed by atoms with van der Waals surface area (Å²) in [6.45, 7) is 0.757. The highest BCUT2D eigenvalue weighted by atomic mass is 16.6. The number of hydrogen-bond acceptors (Lipinski definition) is 5. The van der Waals surface area contributed by atoms with E-state index in [-0.39, 0.29) is 11.6 Å². The van der Waals surface area contributed by atoms with Crippen molar-refractivity contribution in [2.24, 2.45) is 0 Å². The zero-order valence-corrected chi connectivity index (χ0v) is 13.7. The lowest BCUT2D eigenvalue weighted by Gasteiger charge is -2.13. The van der Waals surface area contributed by atoms with Crippen LogP contribution in [0.2, 0.25) is 0 Å². The fraction of sp³-hybridized carbons (Fsp3) is 0.235. The molecule has 0 atom stereocenters. The highest BCUT2D eigenvalue weighted by molar-refractivity contribution is 5.94. The first-order valence-corrected chi connectivity index (χ1v) is 7.52. The standard InChI is InChI=1S/C17H20N4O3/c1-20(2)14-9-7-13(8-10-14)17(22)19-12-11-18-15-5-3-4-6-16(15)21(23)24/h3-10,18H,11-12H2,1-2H3,(H,19,22). The van der Waals surface area contributed by atoms with Crippen LogP contribution in [0.4, 0.5) is 17.1 Å². The normalized spacial score (nSPS) is 10.1. The number of rotatable bonds is 7. The van der Waals surface area contributed by atoms with E-state index in [0.29, 0.717) is 24.3 Å². The molecule has 0 radical (unpaired) electrons. The SMILES string of the molecule is CN(C)c1ccc(C(=O)NCCNc2ccccc2[N+](=O)[O-])cc1. The number of nitrogens with one attached hydrogen (secondary N) is 2. The van der Waals surface area contributed by atoms with Crippen LogP contribution in [0, 0.1) is 10.1 Å². The maximum Gasteiger partial charge on any atom is 0.292 e. The van der Waals surface area contributed by atoms with Crippen LogP contribution in [0.5, 0.6) is 0 Å². The second-order valence-corrected chi connectivity index (χ2v) is 5.40. The Labute approximate surface area is 140 Å². The zero-order valence-electron chi connectivity index (χ0n) is 13.7. The largest absolute Gasteiger partial charge is 0.378 e. The topological polar surface area (TPSA) is 87.5 Å². The Morgan fingerprint density at radius 3 is 2.38 bits per heavy atom. The van der Waals surface area contributed by atoms with E-state index in [1.54, 1.807) is 30.3 Å². The molecule has 126 valence electrons. The molecule has 0 aliphatic heterocycles. The zero-order chi connectivity index (χ0) is 17.5. The summed E-state index contributed by atoms with van der Waals surface area (Å²) in [5.74, 6) is -0.176. The summed E-state index contributed by atoms with van der Waals surface area (Å²) in [6, 6.07) is 13.7. The summed E-state index contributed by atoms with van der Waals surface area (Å²) in [7, 11) is 3.87. The molecular formula is C17H20N4O3. The van der Waals surface area contributed by atoms with Gasteiger partial charge in [0.1, 0.15) is 5.69 Å². The number of nitro benzene ring substituents is 1. The van der Waals surface area contributed by atoms with Crippen molar-refractivity contribution in [1.82, 2.24) is 5.32 Å². The first-order valence-electron chi connectivity index (χ1n) is 7.52. The summed E-state index contributed by atoms with van der Waals surface area (Å²) in [6.07, 6.45) is 0. The van der Waals surface area contributed by atoms with Gasteiger partial charge < -0.3 is 15.5 Å². The molecule has 0 aromatic heterocycles. The van der Waals surface area contributed by atoms with Gasteiger partial charge in [-0.2, -0.15) is 0 Å². The summed E-state index contributed by atoms with van der Waals surface area (Å²) in [4.78, 5) is 24.5. The van der Waals surface area contributed by atoms with E-state index in [2.05, 4.69) is 10.6 Å². The molecule has 0 bridgehead atoms. The third-order valence-corrected chi connectivity index (χ3v) is 3.47. The lowest BCUT2D eigenvalue weighted by molar-refractivity contribution is -0.384. The van der Waals surface area contributed by atoms with Crippen molar-refractivity contribution in [3.8, 4) is 0 Å². The predicted molar refractivity (Wildman–Crippen MR) is 94.7 cm³/mol. The van der Waals surface area contributed by atoms with Crippen LogP contribution >= 0.6 is 0 Å². The van der Waals surface area contributed by atoms with Gasteiger partial charge in [0, 0.05) is 44.5 Å². The number of para-hydroxylation sites is 2. The molecule has 24 heavy (non-hydrogen) atoms. The first-order chi connectivity index (χ1) is 11.5. The molecule has 2 aromatic carbocycles. The van der Waals surface area contributed by atoms with Gasteiger partial charge in [0.05, 0.1) is 4.92 Å². The number of carbonyl (C=O) groups excluding carboxylic acids is 1. The van der Waals surface area contributed by atoms with Crippen LogP contribution in [0.15, 0.2) is 48.5 Å². The highest BCUT2D eigenvalue weighted by Crippen LogP contribution is 2.22. The number of benzene rings is 2. The molecule has 7 heteroatoms. The molecule has 2 aromatic rings. The Morgan fingerprint density at radius 1 is 1.08 bits per heavy atom. The van der Waals surface area contributed by atoms with Gasteiger partial charge in [0.15, 0.2) is 0 Å². The van der Waals surface area contributed by atoms with Gasteiger partial charge in [-0.15, -0.1) is 0 Å². The number of anilines is 2. The molecule has 2 N–H and O–H groups in total. The van der Waals surface area contributed by atoms with Crippen LogP contribution < -0.4 is 15.5 Å². The van der Waals surface area contributed by atoms with Gasteiger partial charge >= 0.3 is 0 Å². The second kappa shape index (κ2) is 7.96. The number of nitro groups is 1. The maximum absolute atomic E-state index is 12.1. The fourth-order valence-electron chi connectivity index (χ4n) is 2.17.